The van der Waals surface area contributed by atoms with Gasteiger partial charge in [-0.15, -0.1) is 0 Å². The average Bonchev–Trinajstić information content (AvgIpc) is 2.74. The van der Waals surface area contributed by atoms with Crippen molar-refractivity contribution in [3.05, 3.63) is 0 Å². The van der Waals surface area contributed by atoms with Crippen LogP contribution < -0.4 is 5.32 Å². The standard InChI is InChI=1S/C13H20BrNO/c1-7(5-14)6-15-13(16)12-10-8-2-3-9(4-8)11(10)12/h7-12H,2-6H2,1H3,(H,15,16). The summed E-state index contributed by atoms with van der Waals surface area (Å²) in [5.74, 6) is 4.64. The van der Waals surface area contributed by atoms with Gasteiger partial charge in [-0.3, -0.25) is 4.79 Å². The van der Waals surface area contributed by atoms with Gasteiger partial charge in [-0.25, -0.2) is 0 Å². The average molecular weight is 286 g/mol. The summed E-state index contributed by atoms with van der Waals surface area (Å²) < 4.78 is 0. The Labute approximate surface area is 106 Å². The van der Waals surface area contributed by atoms with Crippen LogP contribution in [0.4, 0.5) is 0 Å². The highest BCUT2D eigenvalue weighted by Gasteiger charge is 2.67. The van der Waals surface area contributed by atoms with Gasteiger partial charge in [0.1, 0.15) is 0 Å². The van der Waals surface area contributed by atoms with Crippen LogP contribution in [0.5, 0.6) is 0 Å². The lowest BCUT2D eigenvalue weighted by molar-refractivity contribution is -0.123. The summed E-state index contributed by atoms with van der Waals surface area (Å²) in [5, 5.41) is 4.09. The van der Waals surface area contributed by atoms with Crippen molar-refractivity contribution in [3.63, 3.8) is 0 Å². The van der Waals surface area contributed by atoms with Crippen molar-refractivity contribution in [3.8, 4) is 0 Å². The molecule has 2 nitrogen and oxygen atoms in total. The number of fused-ring (bicyclic) bond motifs is 5. The van der Waals surface area contributed by atoms with Crippen molar-refractivity contribution in [2.75, 3.05) is 11.9 Å². The molecule has 0 aromatic carbocycles. The number of nitrogens with one attached hydrogen (secondary N) is 1. The van der Waals surface area contributed by atoms with E-state index < -0.39 is 0 Å². The van der Waals surface area contributed by atoms with Crippen LogP contribution in [0, 0.1) is 35.5 Å². The van der Waals surface area contributed by atoms with E-state index in [1.165, 1.54) is 19.3 Å². The molecule has 3 heteroatoms. The van der Waals surface area contributed by atoms with E-state index >= 15 is 0 Å². The summed E-state index contributed by atoms with van der Waals surface area (Å²) >= 11 is 3.44. The molecule has 90 valence electrons. The first-order valence-corrected chi connectivity index (χ1v) is 7.68. The molecule has 1 N–H and O–H groups in total. The SMILES string of the molecule is CC(CBr)CNC(=O)C1C2C3CCC(C3)C12. The Morgan fingerprint density at radius 2 is 2.00 bits per heavy atom. The molecular weight excluding hydrogens is 266 g/mol. The minimum absolute atomic E-state index is 0.347. The van der Waals surface area contributed by atoms with Crippen molar-refractivity contribution >= 4 is 21.8 Å². The minimum atomic E-state index is 0.347. The molecule has 5 atom stereocenters. The molecule has 3 aliphatic carbocycles. The number of carbonyl (C=O) groups excluding carboxylic acids is 1. The normalized spacial score (nSPS) is 45.2. The topological polar surface area (TPSA) is 29.1 Å². The highest BCUT2D eigenvalue weighted by molar-refractivity contribution is 9.09. The van der Waals surface area contributed by atoms with Crippen LogP contribution in [0.1, 0.15) is 26.2 Å². The van der Waals surface area contributed by atoms with E-state index in [-0.39, 0.29) is 0 Å². The van der Waals surface area contributed by atoms with Crippen molar-refractivity contribution in [1.82, 2.24) is 5.32 Å². The van der Waals surface area contributed by atoms with Crippen molar-refractivity contribution in [2.24, 2.45) is 35.5 Å². The van der Waals surface area contributed by atoms with Crippen LogP contribution in [0.2, 0.25) is 0 Å². The summed E-state index contributed by atoms with van der Waals surface area (Å²) in [4.78, 5) is 12.0. The van der Waals surface area contributed by atoms with E-state index in [9.17, 15) is 4.79 Å². The van der Waals surface area contributed by atoms with Gasteiger partial charge in [-0.2, -0.15) is 0 Å². The predicted octanol–water partition coefficient (Wildman–Crippen LogP) is 2.43. The van der Waals surface area contributed by atoms with Gasteiger partial charge in [-0.05, 0) is 48.9 Å². The second-order valence-corrected chi connectivity index (χ2v) is 6.67. The summed E-state index contributed by atoms with van der Waals surface area (Å²) in [6.45, 7) is 2.99. The van der Waals surface area contributed by atoms with Crippen molar-refractivity contribution in [2.45, 2.75) is 26.2 Å². The Hall–Kier alpha value is -0.0500. The Kier molecular flexibility index (Phi) is 2.77. The monoisotopic (exact) mass is 285 g/mol. The molecule has 3 fully saturated rings. The predicted molar refractivity (Wildman–Crippen MR) is 67.3 cm³/mol. The molecule has 0 spiro atoms. The van der Waals surface area contributed by atoms with Crippen LogP contribution in [0.3, 0.4) is 0 Å². The number of rotatable bonds is 4. The summed E-state index contributed by atoms with van der Waals surface area (Å²) in [6, 6.07) is 0. The summed E-state index contributed by atoms with van der Waals surface area (Å²) in [7, 11) is 0. The van der Waals surface area contributed by atoms with E-state index in [4.69, 9.17) is 0 Å². The molecule has 5 unspecified atom stereocenters. The molecule has 3 aliphatic rings. The maximum Gasteiger partial charge on any atom is 0.223 e. The number of alkyl halides is 1. The number of halogens is 1. The molecular formula is C13H20BrNO. The van der Waals surface area contributed by atoms with E-state index in [0.717, 1.165) is 35.5 Å². The molecule has 0 aromatic heterocycles. The third-order valence-electron chi connectivity index (χ3n) is 4.93. The Morgan fingerprint density at radius 1 is 1.38 bits per heavy atom. The second-order valence-electron chi connectivity index (χ2n) is 6.02. The first kappa shape index (κ1) is 11.1. The quantitative estimate of drug-likeness (QED) is 0.790. The van der Waals surface area contributed by atoms with Crippen LogP contribution in [-0.4, -0.2) is 17.8 Å². The molecule has 0 saturated heterocycles. The van der Waals surface area contributed by atoms with E-state index in [1.807, 2.05) is 0 Å². The van der Waals surface area contributed by atoms with E-state index in [2.05, 4.69) is 28.2 Å². The van der Waals surface area contributed by atoms with Crippen LogP contribution in [0.15, 0.2) is 0 Å². The van der Waals surface area contributed by atoms with Crippen LogP contribution in [0.25, 0.3) is 0 Å². The second kappa shape index (κ2) is 4.01. The highest BCUT2D eigenvalue weighted by atomic mass is 79.9. The van der Waals surface area contributed by atoms with Gasteiger partial charge >= 0.3 is 0 Å². The Bertz CT molecular complexity index is 290. The molecule has 1 amide bonds. The first-order chi connectivity index (χ1) is 7.72. The lowest BCUT2D eigenvalue weighted by Gasteiger charge is -2.12. The summed E-state index contributed by atoms with van der Waals surface area (Å²) in [5.41, 5.74) is 0. The number of carbonyl (C=O) groups is 1. The molecule has 0 radical (unpaired) electrons. The Morgan fingerprint density at radius 3 is 2.56 bits per heavy atom. The number of amides is 1. The maximum absolute atomic E-state index is 12.0. The molecule has 3 rings (SSSR count). The largest absolute Gasteiger partial charge is 0.356 e. The first-order valence-electron chi connectivity index (χ1n) is 6.56. The number of hydrogen-bond donors (Lipinski definition) is 1. The van der Waals surface area contributed by atoms with Gasteiger partial charge in [0.2, 0.25) is 5.91 Å². The minimum Gasteiger partial charge on any atom is -0.356 e. The van der Waals surface area contributed by atoms with Gasteiger partial charge in [0.05, 0.1) is 0 Å². The van der Waals surface area contributed by atoms with Crippen molar-refractivity contribution < 1.29 is 4.79 Å². The fourth-order valence-electron chi connectivity index (χ4n) is 4.12. The third kappa shape index (κ3) is 1.62. The van der Waals surface area contributed by atoms with Gasteiger partial charge in [0.15, 0.2) is 0 Å². The Balaban J connectivity index is 1.51. The molecule has 16 heavy (non-hydrogen) atoms. The number of hydrogen-bond acceptors (Lipinski definition) is 1. The van der Waals surface area contributed by atoms with E-state index in [1.54, 1.807) is 0 Å². The van der Waals surface area contributed by atoms with Gasteiger partial charge in [0.25, 0.3) is 0 Å². The van der Waals surface area contributed by atoms with Gasteiger partial charge in [0, 0.05) is 17.8 Å². The van der Waals surface area contributed by atoms with Gasteiger partial charge in [-0.1, -0.05) is 22.9 Å². The van der Waals surface area contributed by atoms with E-state index in [0.29, 0.717) is 17.7 Å². The van der Waals surface area contributed by atoms with Crippen molar-refractivity contribution in [1.29, 1.82) is 0 Å². The van der Waals surface area contributed by atoms with Gasteiger partial charge < -0.3 is 5.32 Å². The highest BCUT2D eigenvalue weighted by Crippen LogP contribution is 2.69. The summed E-state index contributed by atoms with van der Waals surface area (Å²) in [6.07, 6.45) is 4.22. The fourth-order valence-corrected chi connectivity index (χ4v) is 4.35. The zero-order valence-corrected chi connectivity index (χ0v) is 11.4. The fraction of sp³-hybridized carbons (Fsp3) is 0.923. The third-order valence-corrected chi connectivity index (χ3v) is 6.03. The lowest BCUT2D eigenvalue weighted by Crippen LogP contribution is -2.31. The van der Waals surface area contributed by atoms with Crippen LogP contribution in [-0.2, 0) is 4.79 Å². The molecule has 0 aromatic rings. The maximum atomic E-state index is 12.0. The lowest BCUT2D eigenvalue weighted by atomic mass is 10.0. The molecule has 3 saturated carbocycles. The van der Waals surface area contributed by atoms with Crippen LogP contribution >= 0.6 is 15.9 Å². The molecule has 0 aliphatic heterocycles. The smallest absolute Gasteiger partial charge is 0.223 e. The molecule has 2 bridgehead atoms. The zero-order chi connectivity index (χ0) is 11.3. The molecule has 0 heterocycles. The zero-order valence-electron chi connectivity index (χ0n) is 9.79.